The number of para-hydroxylation sites is 1. The number of benzene rings is 1. The fraction of sp³-hybridized carbons (Fsp3) is 0.562. The molecule has 0 spiro atoms. The largest absolute Gasteiger partial charge is 0.484 e. The first-order chi connectivity index (χ1) is 9.09. The highest BCUT2D eigenvalue weighted by Crippen LogP contribution is 2.24. The van der Waals surface area contributed by atoms with Gasteiger partial charge in [-0.2, -0.15) is 0 Å². The molecule has 0 saturated carbocycles. The van der Waals surface area contributed by atoms with Crippen molar-refractivity contribution in [3.05, 3.63) is 29.8 Å². The number of likely N-dealkylation sites (tertiary alicyclic amines) is 1. The molecule has 0 radical (unpaired) electrons. The highest BCUT2D eigenvalue weighted by molar-refractivity contribution is 5.78. The van der Waals surface area contributed by atoms with Crippen LogP contribution in [0.15, 0.2) is 24.3 Å². The Morgan fingerprint density at radius 1 is 1.42 bits per heavy atom. The maximum Gasteiger partial charge on any atom is 0.260 e. The lowest BCUT2D eigenvalue weighted by molar-refractivity contribution is -0.134. The molecule has 1 aromatic carbocycles. The molecule has 1 amide bonds. The summed E-state index contributed by atoms with van der Waals surface area (Å²) in [6.07, 6.45) is 2.23. The minimum atomic E-state index is 0.111. The van der Waals surface area contributed by atoms with Gasteiger partial charge >= 0.3 is 0 Å². The van der Waals surface area contributed by atoms with Crippen molar-refractivity contribution < 1.29 is 9.53 Å². The van der Waals surface area contributed by atoms with Crippen molar-refractivity contribution in [1.29, 1.82) is 0 Å². The number of nitrogens with zero attached hydrogens (tertiary/aromatic N) is 1. The Morgan fingerprint density at radius 2 is 2.16 bits per heavy atom. The molecule has 1 unspecified atom stereocenters. The molecule has 1 atom stereocenters. The van der Waals surface area contributed by atoms with Gasteiger partial charge in [0.25, 0.3) is 5.91 Å². The van der Waals surface area contributed by atoms with E-state index in [1.807, 2.05) is 36.1 Å². The molecule has 1 heterocycles. The highest BCUT2D eigenvalue weighted by Gasteiger charge is 2.30. The van der Waals surface area contributed by atoms with Crippen molar-refractivity contribution in [2.24, 2.45) is 5.92 Å². The third-order valence-corrected chi connectivity index (χ3v) is 3.83. The van der Waals surface area contributed by atoms with Gasteiger partial charge in [-0.3, -0.25) is 4.79 Å². The summed E-state index contributed by atoms with van der Waals surface area (Å²) in [5.74, 6) is 1.43. The Morgan fingerprint density at radius 3 is 2.84 bits per heavy atom. The fourth-order valence-electron chi connectivity index (χ4n) is 2.74. The Bertz CT molecular complexity index is 442. The lowest BCUT2D eigenvalue weighted by atomic mass is 10.0. The van der Waals surface area contributed by atoms with Crippen molar-refractivity contribution in [3.63, 3.8) is 0 Å². The lowest BCUT2D eigenvalue weighted by Gasteiger charge is -2.27. The van der Waals surface area contributed by atoms with Crippen LogP contribution in [0.5, 0.6) is 5.75 Å². The van der Waals surface area contributed by atoms with Crippen molar-refractivity contribution in [3.8, 4) is 5.75 Å². The molecule has 0 aromatic heterocycles. The lowest BCUT2D eigenvalue weighted by Crippen LogP contribution is -2.41. The number of ether oxygens (including phenoxy) is 1. The molecule has 1 aromatic rings. The van der Waals surface area contributed by atoms with Gasteiger partial charge < -0.3 is 9.64 Å². The summed E-state index contributed by atoms with van der Waals surface area (Å²) >= 11 is 0. The zero-order valence-corrected chi connectivity index (χ0v) is 12.1. The number of carbonyl (C=O) groups excluding carboxylic acids is 1. The van der Waals surface area contributed by atoms with E-state index in [9.17, 15) is 4.79 Å². The van der Waals surface area contributed by atoms with E-state index in [0.29, 0.717) is 12.0 Å². The summed E-state index contributed by atoms with van der Waals surface area (Å²) < 4.78 is 5.65. The normalized spacial score (nSPS) is 18.9. The van der Waals surface area contributed by atoms with Gasteiger partial charge in [0.15, 0.2) is 6.61 Å². The van der Waals surface area contributed by atoms with Gasteiger partial charge in [-0.15, -0.1) is 0 Å². The second-order valence-corrected chi connectivity index (χ2v) is 5.59. The van der Waals surface area contributed by atoms with E-state index in [4.69, 9.17) is 4.74 Å². The van der Waals surface area contributed by atoms with Crippen molar-refractivity contribution in [2.45, 2.75) is 39.7 Å². The summed E-state index contributed by atoms with van der Waals surface area (Å²) in [6.45, 7) is 7.37. The molecule has 0 bridgehead atoms. The average molecular weight is 261 g/mol. The van der Waals surface area contributed by atoms with Crippen LogP contribution in [0.25, 0.3) is 0 Å². The first kappa shape index (κ1) is 13.9. The SMILES string of the molecule is Cc1ccccc1OCC(=O)N1CCCC1C(C)C. The Labute approximate surface area is 115 Å². The fourth-order valence-corrected chi connectivity index (χ4v) is 2.74. The van der Waals surface area contributed by atoms with E-state index in [2.05, 4.69) is 13.8 Å². The van der Waals surface area contributed by atoms with Crippen LogP contribution in [0, 0.1) is 12.8 Å². The second-order valence-electron chi connectivity index (χ2n) is 5.59. The standard InChI is InChI=1S/C16H23NO2/c1-12(2)14-8-6-10-17(14)16(18)11-19-15-9-5-4-7-13(15)3/h4-5,7,9,12,14H,6,8,10-11H2,1-3H3. The molecule has 1 aliphatic heterocycles. The Kier molecular flexibility index (Phi) is 4.46. The predicted molar refractivity (Wildman–Crippen MR) is 76.2 cm³/mol. The van der Waals surface area contributed by atoms with Gasteiger partial charge in [-0.05, 0) is 37.3 Å². The quantitative estimate of drug-likeness (QED) is 0.833. The van der Waals surface area contributed by atoms with Gasteiger partial charge in [-0.25, -0.2) is 0 Å². The number of rotatable bonds is 4. The molecule has 1 saturated heterocycles. The zero-order valence-electron chi connectivity index (χ0n) is 12.1. The average Bonchev–Trinajstić information content (AvgIpc) is 2.87. The summed E-state index contributed by atoms with van der Waals surface area (Å²) in [6, 6.07) is 8.19. The van der Waals surface area contributed by atoms with Crippen molar-refractivity contribution >= 4 is 5.91 Å². The smallest absolute Gasteiger partial charge is 0.260 e. The number of hydrogen-bond acceptors (Lipinski definition) is 2. The van der Waals surface area contributed by atoms with Crippen LogP contribution in [0.2, 0.25) is 0 Å². The molecule has 0 N–H and O–H groups in total. The topological polar surface area (TPSA) is 29.5 Å². The van der Waals surface area contributed by atoms with Crippen LogP contribution in [-0.4, -0.2) is 30.0 Å². The molecule has 3 nitrogen and oxygen atoms in total. The van der Waals surface area contributed by atoms with Crippen LogP contribution in [0.1, 0.15) is 32.3 Å². The molecule has 0 aliphatic carbocycles. The van der Waals surface area contributed by atoms with Crippen LogP contribution in [-0.2, 0) is 4.79 Å². The zero-order chi connectivity index (χ0) is 13.8. The van der Waals surface area contributed by atoms with E-state index in [1.54, 1.807) is 0 Å². The van der Waals surface area contributed by atoms with Gasteiger partial charge in [-0.1, -0.05) is 32.0 Å². The number of carbonyl (C=O) groups is 1. The van der Waals surface area contributed by atoms with Gasteiger partial charge in [0.1, 0.15) is 5.75 Å². The summed E-state index contributed by atoms with van der Waals surface area (Å²) in [5, 5.41) is 0. The Hall–Kier alpha value is -1.51. The highest BCUT2D eigenvalue weighted by atomic mass is 16.5. The van der Waals surface area contributed by atoms with E-state index in [0.717, 1.165) is 30.7 Å². The van der Waals surface area contributed by atoms with Gasteiger partial charge in [0, 0.05) is 12.6 Å². The molecule has 3 heteroatoms. The second kappa shape index (κ2) is 6.09. The van der Waals surface area contributed by atoms with Crippen LogP contribution in [0.3, 0.4) is 0 Å². The van der Waals surface area contributed by atoms with Crippen LogP contribution >= 0.6 is 0 Å². The summed E-state index contributed by atoms with van der Waals surface area (Å²) in [4.78, 5) is 14.2. The monoisotopic (exact) mass is 261 g/mol. The summed E-state index contributed by atoms with van der Waals surface area (Å²) in [7, 11) is 0. The van der Waals surface area contributed by atoms with Crippen LogP contribution in [0.4, 0.5) is 0 Å². The van der Waals surface area contributed by atoms with E-state index in [1.165, 1.54) is 0 Å². The van der Waals surface area contributed by atoms with E-state index in [-0.39, 0.29) is 12.5 Å². The Balaban J connectivity index is 1.93. The number of amides is 1. The minimum absolute atomic E-state index is 0.111. The third-order valence-electron chi connectivity index (χ3n) is 3.83. The first-order valence-corrected chi connectivity index (χ1v) is 7.07. The predicted octanol–water partition coefficient (Wildman–Crippen LogP) is 3.02. The van der Waals surface area contributed by atoms with E-state index < -0.39 is 0 Å². The van der Waals surface area contributed by atoms with Crippen molar-refractivity contribution in [2.75, 3.05) is 13.2 Å². The van der Waals surface area contributed by atoms with E-state index >= 15 is 0 Å². The van der Waals surface area contributed by atoms with Gasteiger partial charge in [0.2, 0.25) is 0 Å². The number of aryl methyl sites for hydroxylation is 1. The maximum atomic E-state index is 12.2. The van der Waals surface area contributed by atoms with Crippen LogP contribution < -0.4 is 4.74 Å². The number of hydrogen-bond donors (Lipinski definition) is 0. The molecular formula is C16H23NO2. The molecule has 2 rings (SSSR count). The third kappa shape index (κ3) is 3.28. The molecule has 19 heavy (non-hydrogen) atoms. The van der Waals surface area contributed by atoms with Gasteiger partial charge in [0.05, 0.1) is 0 Å². The maximum absolute atomic E-state index is 12.2. The molecule has 1 aliphatic rings. The van der Waals surface area contributed by atoms with Crippen molar-refractivity contribution in [1.82, 2.24) is 4.90 Å². The molecule has 1 fully saturated rings. The molecular weight excluding hydrogens is 238 g/mol. The first-order valence-electron chi connectivity index (χ1n) is 7.07. The summed E-state index contributed by atoms with van der Waals surface area (Å²) in [5.41, 5.74) is 1.07. The minimum Gasteiger partial charge on any atom is -0.484 e. The molecule has 104 valence electrons.